The smallest absolute Gasteiger partial charge is 0.318 e. The summed E-state index contributed by atoms with van der Waals surface area (Å²) in [5, 5.41) is 23.8. The Labute approximate surface area is 223 Å². The number of fused-ring (bicyclic) bond motifs is 2. The number of rotatable bonds is 8. The molecule has 4 aromatic rings. The van der Waals surface area contributed by atoms with Crippen molar-refractivity contribution in [2.45, 2.75) is 12.5 Å². The van der Waals surface area contributed by atoms with Crippen LogP contribution in [-0.4, -0.2) is 77.8 Å². The minimum Gasteiger partial charge on any atom is -0.508 e. The molecule has 0 radical (unpaired) electrons. The number of methoxy groups -OCH3 is 1. The van der Waals surface area contributed by atoms with E-state index in [9.17, 15) is 9.50 Å². The number of anilines is 1. The highest BCUT2D eigenvalue weighted by molar-refractivity contribution is 6.03. The largest absolute Gasteiger partial charge is 0.508 e. The number of terminal acetylenes is 1. The Hall–Kier alpha value is -4.11. The number of piperazine rings is 1. The minimum absolute atomic E-state index is 0.0127. The van der Waals surface area contributed by atoms with Gasteiger partial charge in [0.05, 0.1) is 24.7 Å². The second-order valence-corrected chi connectivity index (χ2v) is 9.12. The maximum atomic E-state index is 16.2. The molecule has 11 heteroatoms. The number of hydrogen-bond acceptors (Lipinski definition) is 9. The fourth-order valence-electron chi connectivity index (χ4n) is 4.82. The van der Waals surface area contributed by atoms with E-state index in [1.807, 2.05) is 4.90 Å². The van der Waals surface area contributed by atoms with E-state index in [1.165, 1.54) is 37.6 Å². The average Bonchev–Trinajstić information content (AvgIpc) is 2.95. The lowest BCUT2D eigenvalue weighted by Crippen LogP contribution is -2.53. The van der Waals surface area contributed by atoms with Gasteiger partial charge in [0, 0.05) is 56.0 Å². The number of aromatic hydroxyl groups is 1. The van der Waals surface area contributed by atoms with Gasteiger partial charge in [-0.3, -0.25) is 4.98 Å². The standard InChI is InChI=1S/C28H27F2N5O4/c1-3-19-22(29)6-5-16-11-18(37)12-20(23(16)19)25-24(30)26-21(13-32-25)27(34-28(33-26)38-2)35-8-7-31-17(14-35)15-39-10-4-9-36/h1,5-6,11-13,17,31,36-37H,4,7-10,14-15H2,2H3. The second-order valence-electron chi connectivity index (χ2n) is 9.12. The zero-order valence-electron chi connectivity index (χ0n) is 21.2. The lowest BCUT2D eigenvalue weighted by molar-refractivity contribution is 0.0956. The van der Waals surface area contributed by atoms with Gasteiger partial charge in [-0.25, -0.2) is 8.78 Å². The van der Waals surface area contributed by atoms with Crippen molar-refractivity contribution in [3.05, 3.63) is 47.7 Å². The van der Waals surface area contributed by atoms with Crippen LogP contribution in [0.5, 0.6) is 11.8 Å². The molecule has 0 bridgehead atoms. The van der Waals surface area contributed by atoms with Crippen molar-refractivity contribution in [3.8, 4) is 35.4 Å². The van der Waals surface area contributed by atoms with Crippen LogP contribution in [0.4, 0.5) is 14.6 Å². The van der Waals surface area contributed by atoms with Crippen LogP contribution >= 0.6 is 0 Å². The normalized spacial score (nSPS) is 15.6. The Balaban J connectivity index is 1.61. The summed E-state index contributed by atoms with van der Waals surface area (Å²) in [5.41, 5.74) is -0.102. The number of pyridine rings is 1. The van der Waals surface area contributed by atoms with E-state index in [0.717, 1.165) is 0 Å². The van der Waals surface area contributed by atoms with Crippen LogP contribution in [-0.2, 0) is 4.74 Å². The second kappa shape index (κ2) is 11.3. The lowest BCUT2D eigenvalue weighted by Gasteiger charge is -2.34. The number of aliphatic hydroxyl groups excluding tert-OH is 1. The fourth-order valence-corrected chi connectivity index (χ4v) is 4.82. The van der Waals surface area contributed by atoms with Crippen LogP contribution < -0.4 is 15.0 Å². The van der Waals surface area contributed by atoms with Gasteiger partial charge in [0.25, 0.3) is 0 Å². The summed E-state index contributed by atoms with van der Waals surface area (Å²) in [6.45, 7) is 2.71. The SMILES string of the molecule is C#Cc1c(F)ccc2cc(O)cc(-c3ncc4c(N5CCNC(COCCCO)C5)nc(OC)nc4c3F)c12. The van der Waals surface area contributed by atoms with Crippen molar-refractivity contribution in [2.24, 2.45) is 0 Å². The van der Waals surface area contributed by atoms with E-state index in [1.54, 1.807) is 0 Å². The molecule has 1 atom stereocenters. The molecule has 5 rings (SSSR count). The molecule has 1 aliphatic heterocycles. The Morgan fingerprint density at radius 2 is 2.10 bits per heavy atom. The first-order chi connectivity index (χ1) is 18.9. The molecule has 2 aromatic heterocycles. The van der Waals surface area contributed by atoms with Crippen LogP contribution in [0.15, 0.2) is 30.5 Å². The molecule has 1 aliphatic rings. The molecular formula is C28H27F2N5O4. The maximum Gasteiger partial charge on any atom is 0.318 e. The number of halogens is 2. The molecule has 1 unspecified atom stereocenters. The average molecular weight is 536 g/mol. The van der Waals surface area contributed by atoms with E-state index in [0.29, 0.717) is 55.9 Å². The van der Waals surface area contributed by atoms with Gasteiger partial charge < -0.3 is 29.9 Å². The number of aromatic nitrogens is 3. The molecule has 1 saturated heterocycles. The van der Waals surface area contributed by atoms with Crippen molar-refractivity contribution in [1.29, 1.82) is 0 Å². The number of nitrogens with zero attached hydrogens (tertiary/aromatic N) is 4. The predicted molar refractivity (Wildman–Crippen MR) is 143 cm³/mol. The molecular weight excluding hydrogens is 508 g/mol. The summed E-state index contributed by atoms with van der Waals surface area (Å²) in [5.74, 6) is 1.21. The van der Waals surface area contributed by atoms with Crippen molar-refractivity contribution in [3.63, 3.8) is 0 Å². The van der Waals surface area contributed by atoms with Gasteiger partial charge in [0.15, 0.2) is 5.82 Å². The number of aliphatic hydroxyl groups is 1. The van der Waals surface area contributed by atoms with E-state index in [-0.39, 0.29) is 52.1 Å². The topological polar surface area (TPSA) is 113 Å². The van der Waals surface area contributed by atoms with E-state index in [2.05, 4.69) is 26.2 Å². The Morgan fingerprint density at radius 1 is 1.26 bits per heavy atom. The number of nitrogens with one attached hydrogen (secondary N) is 1. The van der Waals surface area contributed by atoms with Gasteiger partial charge in [0.2, 0.25) is 0 Å². The third-order valence-electron chi connectivity index (χ3n) is 6.60. The third-order valence-corrected chi connectivity index (χ3v) is 6.60. The zero-order chi connectivity index (χ0) is 27.5. The zero-order valence-corrected chi connectivity index (χ0v) is 21.2. The molecule has 39 heavy (non-hydrogen) atoms. The van der Waals surface area contributed by atoms with Crippen LogP contribution in [0, 0.1) is 24.0 Å². The van der Waals surface area contributed by atoms with Crippen molar-refractivity contribution < 1.29 is 28.5 Å². The first-order valence-electron chi connectivity index (χ1n) is 12.4. The monoisotopic (exact) mass is 535 g/mol. The van der Waals surface area contributed by atoms with Gasteiger partial charge in [-0.1, -0.05) is 12.0 Å². The number of phenolic OH excluding ortho intramolecular Hbond substituents is 1. The van der Waals surface area contributed by atoms with Crippen molar-refractivity contribution in [2.75, 3.05) is 51.5 Å². The fraction of sp³-hybridized carbons (Fsp3) is 0.321. The van der Waals surface area contributed by atoms with Crippen molar-refractivity contribution >= 4 is 27.5 Å². The third kappa shape index (κ3) is 5.14. The van der Waals surface area contributed by atoms with Gasteiger partial charge in [0.1, 0.15) is 28.6 Å². The van der Waals surface area contributed by atoms with Crippen LogP contribution in [0.3, 0.4) is 0 Å². The molecule has 1 fully saturated rings. The Morgan fingerprint density at radius 3 is 2.87 bits per heavy atom. The summed E-state index contributed by atoms with van der Waals surface area (Å²) >= 11 is 0. The molecule has 0 amide bonds. The lowest BCUT2D eigenvalue weighted by atomic mass is 9.96. The number of hydrogen-bond donors (Lipinski definition) is 3. The van der Waals surface area contributed by atoms with E-state index in [4.69, 9.17) is 21.0 Å². The summed E-state index contributed by atoms with van der Waals surface area (Å²) in [7, 11) is 1.39. The quantitative estimate of drug-likeness (QED) is 0.232. The highest BCUT2D eigenvalue weighted by atomic mass is 19.1. The van der Waals surface area contributed by atoms with E-state index < -0.39 is 11.6 Å². The Bertz CT molecular complexity index is 1580. The number of ether oxygens (including phenoxy) is 2. The molecule has 9 nitrogen and oxygen atoms in total. The molecule has 202 valence electrons. The minimum atomic E-state index is -0.785. The maximum absolute atomic E-state index is 16.2. The molecule has 3 heterocycles. The number of phenols is 1. The molecule has 0 aliphatic carbocycles. The van der Waals surface area contributed by atoms with Crippen LogP contribution in [0.2, 0.25) is 0 Å². The van der Waals surface area contributed by atoms with Gasteiger partial charge >= 0.3 is 6.01 Å². The molecule has 0 spiro atoms. The highest BCUT2D eigenvalue weighted by Gasteiger charge is 2.26. The van der Waals surface area contributed by atoms with Crippen LogP contribution in [0.1, 0.15) is 12.0 Å². The van der Waals surface area contributed by atoms with Gasteiger partial charge in [-0.2, -0.15) is 9.97 Å². The Kier molecular flexibility index (Phi) is 7.70. The van der Waals surface area contributed by atoms with Gasteiger partial charge in [-0.05, 0) is 30.0 Å². The summed E-state index contributed by atoms with van der Waals surface area (Å²) in [6, 6.07) is 5.35. The summed E-state index contributed by atoms with van der Waals surface area (Å²) in [4.78, 5) is 15.1. The van der Waals surface area contributed by atoms with E-state index >= 15 is 4.39 Å². The predicted octanol–water partition coefficient (Wildman–Crippen LogP) is 3.00. The summed E-state index contributed by atoms with van der Waals surface area (Å²) < 4.78 is 41.8. The molecule has 3 N–H and O–H groups in total. The number of benzene rings is 2. The first kappa shape index (κ1) is 26.5. The first-order valence-corrected chi connectivity index (χ1v) is 12.4. The molecule has 2 aromatic carbocycles. The highest BCUT2D eigenvalue weighted by Crippen LogP contribution is 2.38. The van der Waals surface area contributed by atoms with Gasteiger partial charge in [-0.15, -0.1) is 6.42 Å². The molecule has 0 saturated carbocycles. The van der Waals surface area contributed by atoms with Crippen molar-refractivity contribution in [1.82, 2.24) is 20.3 Å². The van der Waals surface area contributed by atoms with Crippen LogP contribution in [0.25, 0.3) is 32.9 Å². The summed E-state index contributed by atoms with van der Waals surface area (Å²) in [6.07, 6.45) is 7.61.